The summed E-state index contributed by atoms with van der Waals surface area (Å²) in [6.45, 7) is 3.80. The highest BCUT2D eigenvalue weighted by Gasteiger charge is 2.27. The number of hydrogen-bond acceptors (Lipinski definition) is 6. The molecule has 0 fully saturated rings. The molecule has 0 aliphatic rings. The Balaban J connectivity index is 2.78. The van der Waals surface area contributed by atoms with Crippen LogP contribution < -0.4 is 19.5 Å². The van der Waals surface area contributed by atoms with Crippen molar-refractivity contribution in [3.05, 3.63) is 41.2 Å². The van der Waals surface area contributed by atoms with Crippen LogP contribution in [0, 0.1) is 28.5 Å². The number of nitriles is 2. The van der Waals surface area contributed by atoms with Gasteiger partial charge in [-0.1, -0.05) is 12.1 Å². The highest BCUT2D eigenvalue weighted by Crippen LogP contribution is 2.45. The number of nitrogens with zero attached hydrogens (tertiary/aromatic N) is 2. The first-order valence-electron chi connectivity index (χ1n) is 7.98. The normalized spacial score (nSPS) is 9.77. The molecule has 26 heavy (non-hydrogen) atoms. The molecule has 2 aromatic rings. The Hall–Kier alpha value is -3.45. The molecule has 0 atom stereocenters. The molecule has 7 heteroatoms. The van der Waals surface area contributed by atoms with Crippen LogP contribution in [-0.2, 0) is 0 Å². The number of nitrogens with one attached hydrogen (secondary N) is 1. The maximum Gasteiger partial charge on any atom is 0.200 e. The predicted molar refractivity (Wildman–Crippen MR) is 94.4 cm³/mol. The lowest BCUT2D eigenvalue weighted by molar-refractivity contribution is 0.276. The molecule has 1 N–H and O–H groups in total. The quantitative estimate of drug-likeness (QED) is 0.804. The van der Waals surface area contributed by atoms with Gasteiger partial charge in [-0.15, -0.1) is 0 Å². The summed E-state index contributed by atoms with van der Waals surface area (Å²) in [5.41, 5.74) is 0.116. The lowest BCUT2D eigenvalue weighted by atomic mass is 10.0. The predicted octanol–water partition coefficient (Wildman–Crippen LogP) is 4.12. The molecule has 0 saturated heterocycles. The van der Waals surface area contributed by atoms with E-state index in [1.807, 2.05) is 6.07 Å². The lowest BCUT2D eigenvalue weighted by Crippen LogP contribution is -2.09. The molecule has 0 heterocycles. The first-order chi connectivity index (χ1) is 12.6. The molecule has 0 saturated carbocycles. The highest BCUT2D eigenvalue weighted by molar-refractivity contribution is 5.81. The van der Waals surface area contributed by atoms with Gasteiger partial charge in [0.05, 0.1) is 26.0 Å². The second-order valence-corrected chi connectivity index (χ2v) is 5.01. The van der Waals surface area contributed by atoms with E-state index < -0.39 is 11.4 Å². The Kier molecular flexibility index (Phi) is 6.24. The van der Waals surface area contributed by atoms with Gasteiger partial charge in [-0.05, 0) is 26.0 Å². The molecule has 2 rings (SSSR count). The van der Waals surface area contributed by atoms with Crippen molar-refractivity contribution < 1.29 is 18.6 Å². The maximum absolute atomic E-state index is 14.7. The third kappa shape index (κ3) is 3.47. The summed E-state index contributed by atoms with van der Waals surface area (Å²) in [5, 5.41) is 21.9. The van der Waals surface area contributed by atoms with Crippen molar-refractivity contribution in [1.82, 2.24) is 0 Å². The first-order valence-corrected chi connectivity index (χ1v) is 7.98. The van der Waals surface area contributed by atoms with Crippen molar-refractivity contribution in [3.8, 4) is 29.4 Å². The molecule has 134 valence electrons. The van der Waals surface area contributed by atoms with Crippen LogP contribution in [0.3, 0.4) is 0 Å². The van der Waals surface area contributed by atoms with Crippen molar-refractivity contribution in [3.63, 3.8) is 0 Å². The van der Waals surface area contributed by atoms with Gasteiger partial charge in [-0.2, -0.15) is 10.5 Å². The Morgan fingerprint density at radius 1 is 1.00 bits per heavy atom. The fourth-order valence-corrected chi connectivity index (χ4v) is 2.45. The van der Waals surface area contributed by atoms with E-state index in [4.69, 9.17) is 14.2 Å². The average molecular weight is 355 g/mol. The fraction of sp³-hybridized carbons (Fsp3) is 0.263. The molecule has 0 unspecified atom stereocenters. The van der Waals surface area contributed by atoms with Gasteiger partial charge in [-0.25, -0.2) is 4.39 Å². The topological polar surface area (TPSA) is 87.3 Å². The van der Waals surface area contributed by atoms with E-state index in [0.29, 0.717) is 11.4 Å². The van der Waals surface area contributed by atoms with E-state index in [0.717, 1.165) is 0 Å². The largest absolute Gasteiger partial charge is 0.495 e. The van der Waals surface area contributed by atoms with Crippen LogP contribution in [0.5, 0.6) is 17.2 Å². The van der Waals surface area contributed by atoms with Crippen LogP contribution in [0.15, 0.2) is 24.3 Å². The SMILES string of the molecule is CCOc1c(F)c(C#N)c(C#N)c(Nc2ccccc2OC)c1OCC. The zero-order chi connectivity index (χ0) is 19.1. The molecule has 0 aromatic heterocycles. The zero-order valence-corrected chi connectivity index (χ0v) is 14.7. The molecule has 0 bridgehead atoms. The molecule has 0 radical (unpaired) electrons. The second-order valence-electron chi connectivity index (χ2n) is 5.01. The molecule has 0 aliphatic heterocycles. The average Bonchev–Trinajstić information content (AvgIpc) is 2.66. The van der Waals surface area contributed by atoms with E-state index in [1.54, 1.807) is 44.2 Å². The van der Waals surface area contributed by atoms with Gasteiger partial charge in [0.25, 0.3) is 0 Å². The monoisotopic (exact) mass is 355 g/mol. The van der Waals surface area contributed by atoms with Crippen LogP contribution in [-0.4, -0.2) is 20.3 Å². The van der Waals surface area contributed by atoms with Crippen molar-refractivity contribution in [2.45, 2.75) is 13.8 Å². The number of methoxy groups -OCH3 is 1. The van der Waals surface area contributed by atoms with E-state index in [-0.39, 0.29) is 36.0 Å². The first kappa shape index (κ1) is 18.9. The minimum Gasteiger partial charge on any atom is -0.495 e. The highest BCUT2D eigenvalue weighted by atomic mass is 19.1. The van der Waals surface area contributed by atoms with Crippen LogP contribution in [0.1, 0.15) is 25.0 Å². The molecule has 0 spiro atoms. The molecular weight excluding hydrogens is 337 g/mol. The summed E-state index contributed by atoms with van der Waals surface area (Å²) < 4.78 is 30.9. The van der Waals surface area contributed by atoms with E-state index in [1.165, 1.54) is 7.11 Å². The summed E-state index contributed by atoms with van der Waals surface area (Å²) in [5.74, 6) is -0.574. The molecule has 2 aromatic carbocycles. The number of ether oxygens (including phenoxy) is 3. The maximum atomic E-state index is 14.7. The summed E-state index contributed by atoms with van der Waals surface area (Å²) in [6.07, 6.45) is 0. The lowest BCUT2D eigenvalue weighted by Gasteiger charge is -2.20. The third-order valence-corrected chi connectivity index (χ3v) is 3.52. The van der Waals surface area contributed by atoms with Crippen molar-refractivity contribution >= 4 is 11.4 Å². The minimum absolute atomic E-state index is 0.0355. The third-order valence-electron chi connectivity index (χ3n) is 3.52. The van der Waals surface area contributed by atoms with Crippen LogP contribution in [0.4, 0.5) is 15.8 Å². The van der Waals surface area contributed by atoms with Gasteiger partial charge in [0.1, 0.15) is 34.7 Å². The molecular formula is C19H18FN3O3. The number of hydrogen-bond donors (Lipinski definition) is 1. The summed E-state index contributed by atoms with van der Waals surface area (Å²) in [7, 11) is 1.51. The smallest absolute Gasteiger partial charge is 0.200 e. The van der Waals surface area contributed by atoms with Gasteiger partial charge in [0.15, 0.2) is 11.6 Å². The van der Waals surface area contributed by atoms with E-state index in [2.05, 4.69) is 5.32 Å². The van der Waals surface area contributed by atoms with Crippen molar-refractivity contribution in [2.75, 3.05) is 25.6 Å². The number of benzene rings is 2. The van der Waals surface area contributed by atoms with Crippen LogP contribution >= 0.6 is 0 Å². The Bertz CT molecular complexity index is 885. The van der Waals surface area contributed by atoms with Gasteiger partial charge < -0.3 is 19.5 Å². The van der Waals surface area contributed by atoms with Crippen molar-refractivity contribution in [1.29, 1.82) is 10.5 Å². The number of anilines is 2. The number of rotatable bonds is 7. The summed E-state index contributed by atoms with van der Waals surface area (Å²) in [4.78, 5) is 0. The second kappa shape index (κ2) is 8.59. The Morgan fingerprint density at radius 3 is 2.19 bits per heavy atom. The van der Waals surface area contributed by atoms with Gasteiger partial charge in [0.2, 0.25) is 5.75 Å². The van der Waals surface area contributed by atoms with E-state index >= 15 is 0 Å². The number of halogens is 1. The number of para-hydroxylation sites is 2. The standard InChI is InChI=1S/C19H18FN3O3/c1-4-25-18-16(20)12(10-21)13(11-22)17(19(18)26-5-2)23-14-8-6-7-9-15(14)24-3/h6-9,23H,4-5H2,1-3H3. The zero-order valence-electron chi connectivity index (χ0n) is 14.7. The van der Waals surface area contributed by atoms with Crippen LogP contribution in [0.25, 0.3) is 0 Å². The Labute approximate surface area is 151 Å². The van der Waals surface area contributed by atoms with E-state index in [9.17, 15) is 14.9 Å². The minimum atomic E-state index is -0.917. The summed E-state index contributed by atoms with van der Waals surface area (Å²) in [6, 6.07) is 10.6. The van der Waals surface area contributed by atoms with Crippen LogP contribution in [0.2, 0.25) is 0 Å². The molecule has 0 aliphatic carbocycles. The fourth-order valence-electron chi connectivity index (χ4n) is 2.45. The van der Waals surface area contributed by atoms with Gasteiger partial charge in [-0.3, -0.25) is 0 Å². The van der Waals surface area contributed by atoms with Crippen molar-refractivity contribution in [2.24, 2.45) is 0 Å². The Morgan fingerprint density at radius 2 is 1.62 bits per heavy atom. The van der Waals surface area contributed by atoms with Gasteiger partial charge >= 0.3 is 0 Å². The molecule has 0 amide bonds. The molecule has 6 nitrogen and oxygen atoms in total. The summed E-state index contributed by atoms with van der Waals surface area (Å²) >= 11 is 0. The van der Waals surface area contributed by atoms with Gasteiger partial charge in [0, 0.05) is 0 Å².